The molecule has 0 radical (unpaired) electrons. The summed E-state index contributed by atoms with van der Waals surface area (Å²) < 4.78 is 0. The second-order valence-corrected chi connectivity index (χ2v) is 5.88. The number of carbonyl (C=O) groups excluding carboxylic acids is 1. The maximum atomic E-state index is 12.3. The average Bonchev–Trinajstić information content (AvgIpc) is 2.43. The van der Waals surface area contributed by atoms with E-state index in [4.69, 9.17) is 11.6 Å². The lowest BCUT2D eigenvalue weighted by molar-refractivity contribution is -0.122. The van der Waals surface area contributed by atoms with Gasteiger partial charge in [0.15, 0.2) is 0 Å². The number of hydrogen-bond donors (Lipinski definition) is 2. The first-order chi connectivity index (χ1) is 9.49. The van der Waals surface area contributed by atoms with Crippen LogP contribution >= 0.6 is 11.6 Å². The summed E-state index contributed by atoms with van der Waals surface area (Å²) in [6.45, 7) is 5.26. The third-order valence-corrected chi connectivity index (χ3v) is 4.34. The first kappa shape index (κ1) is 15.3. The molecule has 110 valence electrons. The molecule has 3 unspecified atom stereocenters. The summed E-state index contributed by atoms with van der Waals surface area (Å²) in [5, 5.41) is 13.3. The fourth-order valence-electron chi connectivity index (χ4n) is 2.39. The molecule has 2 rings (SSSR count). The molecule has 1 aromatic carbocycles. The molecule has 3 atom stereocenters. The predicted octanol–water partition coefficient (Wildman–Crippen LogP) is 2.37. The van der Waals surface area contributed by atoms with Gasteiger partial charge in [-0.2, -0.15) is 0 Å². The summed E-state index contributed by atoms with van der Waals surface area (Å²) in [4.78, 5) is 14.3. The normalized spacial score (nSPS) is 25.2. The van der Waals surface area contributed by atoms with E-state index in [1.807, 2.05) is 30.9 Å². The Morgan fingerprint density at radius 1 is 1.50 bits per heavy atom. The van der Waals surface area contributed by atoms with Crippen LogP contribution in [0.3, 0.4) is 0 Å². The standard InChI is InChI=1S/C15H21ClN2O2/c1-10-7-8-18(9-14(10)19)11(2)15(20)17-13-6-4-3-5-12(13)16/h3-6,10-11,14,19H,7-9H2,1-2H3,(H,17,20). The zero-order valence-electron chi connectivity index (χ0n) is 11.8. The number of nitrogens with one attached hydrogen (secondary N) is 1. The van der Waals surface area contributed by atoms with E-state index in [1.54, 1.807) is 12.1 Å². The van der Waals surface area contributed by atoms with Gasteiger partial charge in [-0.25, -0.2) is 0 Å². The van der Waals surface area contributed by atoms with Crippen LogP contribution in [-0.2, 0) is 4.79 Å². The van der Waals surface area contributed by atoms with E-state index in [0.717, 1.165) is 13.0 Å². The van der Waals surface area contributed by atoms with Gasteiger partial charge in [-0.3, -0.25) is 9.69 Å². The maximum absolute atomic E-state index is 12.3. The van der Waals surface area contributed by atoms with Gasteiger partial charge in [0.05, 0.1) is 22.9 Å². The van der Waals surface area contributed by atoms with Crippen molar-refractivity contribution in [2.45, 2.75) is 32.4 Å². The molecule has 1 aliphatic rings. The van der Waals surface area contributed by atoms with Crippen LogP contribution in [0, 0.1) is 5.92 Å². The van der Waals surface area contributed by atoms with Crippen LogP contribution in [0.1, 0.15) is 20.3 Å². The molecular formula is C15H21ClN2O2. The number of nitrogens with zero attached hydrogens (tertiary/aromatic N) is 1. The molecule has 0 aliphatic carbocycles. The van der Waals surface area contributed by atoms with E-state index in [2.05, 4.69) is 5.32 Å². The van der Waals surface area contributed by atoms with Crippen LogP contribution in [0.2, 0.25) is 5.02 Å². The van der Waals surface area contributed by atoms with Crippen molar-refractivity contribution >= 4 is 23.2 Å². The molecule has 0 spiro atoms. The molecular weight excluding hydrogens is 276 g/mol. The highest BCUT2D eigenvalue weighted by Gasteiger charge is 2.30. The van der Waals surface area contributed by atoms with E-state index in [1.165, 1.54) is 0 Å². The Hall–Kier alpha value is -1.10. The number of para-hydroxylation sites is 1. The molecule has 1 aromatic rings. The zero-order chi connectivity index (χ0) is 14.7. The average molecular weight is 297 g/mol. The molecule has 20 heavy (non-hydrogen) atoms. The van der Waals surface area contributed by atoms with Crippen molar-refractivity contribution < 1.29 is 9.90 Å². The first-order valence-corrected chi connectivity index (χ1v) is 7.34. The second kappa shape index (κ2) is 6.57. The highest BCUT2D eigenvalue weighted by molar-refractivity contribution is 6.33. The maximum Gasteiger partial charge on any atom is 0.241 e. The minimum absolute atomic E-state index is 0.0974. The number of amides is 1. The predicted molar refractivity (Wildman–Crippen MR) is 80.9 cm³/mol. The lowest BCUT2D eigenvalue weighted by atomic mass is 9.95. The molecule has 4 nitrogen and oxygen atoms in total. The summed E-state index contributed by atoms with van der Waals surface area (Å²) >= 11 is 6.03. The number of aliphatic hydroxyl groups excluding tert-OH is 1. The molecule has 0 saturated carbocycles. The van der Waals surface area contributed by atoms with Crippen molar-refractivity contribution in [1.29, 1.82) is 0 Å². The SMILES string of the molecule is CC1CCN(C(C)C(=O)Nc2ccccc2Cl)CC1O. The van der Waals surface area contributed by atoms with E-state index in [-0.39, 0.29) is 18.1 Å². The van der Waals surface area contributed by atoms with Gasteiger partial charge in [-0.05, 0) is 37.9 Å². The molecule has 1 fully saturated rings. The Balaban J connectivity index is 1.97. The number of halogens is 1. The van der Waals surface area contributed by atoms with Gasteiger partial charge >= 0.3 is 0 Å². The number of rotatable bonds is 3. The van der Waals surface area contributed by atoms with Crippen LogP contribution < -0.4 is 5.32 Å². The topological polar surface area (TPSA) is 52.6 Å². The highest BCUT2D eigenvalue weighted by Crippen LogP contribution is 2.22. The first-order valence-electron chi connectivity index (χ1n) is 6.96. The van der Waals surface area contributed by atoms with Gasteiger partial charge in [0.1, 0.15) is 0 Å². The Kier molecular flexibility index (Phi) is 5.02. The van der Waals surface area contributed by atoms with Crippen molar-refractivity contribution in [3.05, 3.63) is 29.3 Å². The molecule has 1 saturated heterocycles. The summed E-state index contributed by atoms with van der Waals surface area (Å²) in [6.07, 6.45) is 0.546. The van der Waals surface area contributed by atoms with Gasteiger partial charge in [-0.15, -0.1) is 0 Å². The number of piperidine rings is 1. The van der Waals surface area contributed by atoms with Gasteiger partial charge in [0.2, 0.25) is 5.91 Å². The van der Waals surface area contributed by atoms with Crippen LogP contribution in [-0.4, -0.2) is 41.1 Å². The number of carbonyl (C=O) groups is 1. The van der Waals surface area contributed by atoms with Gasteiger partial charge in [0, 0.05) is 6.54 Å². The monoisotopic (exact) mass is 296 g/mol. The van der Waals surface area contributed by atoms with Crippen molar-refractivity contribution in [2.24, 2.45) is 5.92 Å². The Labute approximate surface area is 124 Å². The van der Waals surface area contributed by atoms with Gasteiger partial charge in [0.25, 0.3) is 0 Å². The summed E-state index contributed by atoms with van der Waals surface area (Å²) in [7, 11) is 0. The van der Waals surface area contributed by atoms with Crippen molar-refractivity contribution in [1.82, 2.24) is 4.90 Å². The minimum Gasteiger partial charge on any atom is -0.392 e. The molecule has 1 heterocycles. The molecule has 1 aliphatic heterocycles. The fourth-order valence-corrected chi connectivity index (χ4v) is 2.57. The zero-order valence-corrected chi connectivity index (χ0v) is 12.6. The van der Waals surface area contributed by atoms with E-state index in [9.17, 15) is 9.90 Å². The third-order valence-electron chi connectivity index (χ3n) is 4.01. The summed E-state index contributed by atoms with van der Waals surface area (Å²) in [5.41, 5.74) is 0.622. The largest absolute Gasteiger partial charge is 0.392 e. The van der Waals surface area contributed by atoms with Crippen LogP contribution in [0.5, 0.6) is 0 Å². The number of hydrogen-bond acceptors (Lipinski definition) is 3. The van der Waals surface area contributed by atoms with Crippen LogP contribution in [0.25, 0.3) is 0 Å². The molecule has 0 bridgehead atoms. The number of aliphatic hydroxyl groups is 1. The van der Waals surface area contributed by atoms with Gasteiger partial charge in [-0.1, -0.05) is 30.7 Å². The molecule has 1 amide bonds. The number of benzene rings is 1. The Morgan fingerprint density at radius 2 is 2.20 bits per heavy atom. The third kappa shape index (κ3) is 3.51. The van der Waals surface area contributed by atoms with Gasteiger partial charge < -0.3 is 10.4 Å². The van der Waals surface area contributed by atoms with E-state index < -0.39 is 0 Å². The van der Waals surface area contributed by atoms with Crippen LogP contribution in [0.4, 0.5) is 5.69 Å². The fraction of sp³-hybridized carbons (Fsp3) is 0.533. The lowest BCUT2D eigenvalue weighted by Crippen LogP contribution is -2.50. The number of likely N-dealkylation sites (tertiary alicyclic amines) is 1. The molecule has 0 aromatic heterocycles. The summed E-state index contributed by atoms with van der Waals surface area (Å²) in [6, 6.07) is 6.89. The van der Waals surface area contributed by atoms with Crippen molar-refractivity contribution in [3.63, 3.8) is 0 Å². The quantitative estimate of drug-likeness (QED) is 0.900. The van der Waals surface area contributed by atoms with E-state index >= 15 is 0 Å². The summed E-state index contributed by atoms with van der Waals surface area (Å²) in [5.74, 6) is 0.199. The van der Waals surface area contributed by atoms with Crippen molar-refractivity contribution in [2.75, 3.05) is 18.4 Å². The number of anilines is 1. The lowest BCUT2D eigenvalue weighted by Gasteiger charge is -2.37. The minimum atomic E-state index is -0.362. The van der Waals surface area contributed by atoms with Crippen LogP contribution in [0.15, 0.2) is 24.3 Å². The molecule has 2 N–H and O–H groups in total. The Morgan fingerprint density at radius 3 is 2.85 bits per heavy atom. The van der Waals surface area contributed by atoms with E-state index in [0.29, 0.717) is 23.2 Å². The molecule has 5 heteroatoms. The smallest absolute Gasteiger partial charge is 0.241 e. The number of β-amino-alcohol motifs (C(OH)–C–C–N with tert-alkyl or cyclic N) is 1. The highest BCUT2D eigenvalue weighted by atomic mass is 35.5. The Bertz CT molecular complexity index is 481. The van der Waals surface area contributed by atoms with Crippen molar-refractivity contribution in [3.8, 4) is 0 Å². The second-order valence-electron chi connectivity index (χ2n) is 5.47.